The third-order valence-corrected chi connectivity index (χ3v) is 3.11. The predicted molar refractivity (Wildman–Crippen MR) is 69.3 cm³/mol. The number of aryl methyl sites for hydroxylation is 1. The summed E-state index contributed by atoms with van der Waals surface area (Å²) >= 11 is 0. The fourth-order valence-corrected chi connectivity index (χ4v) is 2.27. The molecule has 0 spiro atoms. The molecule has 0 aliphatic carbocycles. The molecular weight excluding hydrogens is 228 g/mol. The molecule has 0 radical (unpaired) electrons. The van der Waals surface area contributed by atoms with Gasteiger partial charge in [-0.3, -0.25) is 4.79 Å². The molecular formula is C13H20N4O. The lowest BCUT2D eigenvalue weighted by Crippen LogP contribution is -2.36. The van der Waals surface area contributed by atoms with E-state index in [1.54, 1.807) is 6.07 Å². The van der Waals surface area contributed by atoms with Crippen LogP contribution >= 0.6 is 0 Å². The molecule has 1 aromatic heterocycles. The molecule has 0 bridgehead atoms. The Bertz CT molecular complexity index is 427. The van der Waals surface area contributed by atoms with Gasteiger partial charge in [-0.15, -0.1) is 0 Å². The lowest BCUT2D eigenvalue weighted by Gasteiger charge is -2.26. The van der Waals surface area contributed by atoms with Crippen molar-refractivity contribution in [2.45, 2.75) is 32.7 Å². The van der Waals surface area contributed by atoms with Crippen molar-refractivity contribution in [3.63, 3.8) is 0 Å². The second-order valence-electron chi connectivity index (χ2n) is 4.67. The number of carbonyl (C=O) groups excluding carboxylic acids is 1. The summed E-state index contributed by atoms with van der Waals surface area (Å²) in [5.74, 6) is 0.695. The summed E-state index contributed by atoms with van der Waals surface area (Å²) in [5, 5.41) is 3.04. The summed E-state index contributed by atoms with van der Waals surface area (Å²) in [6.07, 6.45) is 3.41. The molecule has 2 rings (SSSR count). The number of carbonyl (C=O) groups is 1. The molecule has 1 N–H and O–H groups in total. The lowest BCUT2D eigenvalue weighted by atomic mass is 10.1. The summed E-state index contributed by atoms with van der Waals surface area (Å²) in [7, 11) is 1.86. The van der Waals surface area contributed by atoms with Crippen molar-refractivity contribution >= 4 is 5.91 Å². The number of piperidine rings is 1. The Hall–Kier alpha value is -1.49. The van der Waals surface area contributed by atoms with E-state index in [2.05, 4.69) is 15.3 Å². The molecule has 0 atom stereocenters. The Kier molecular flexibility index (Phi) is 4.25. The highest BCUT2D eigenvalue weighted by atomic mass is 16.2. The van der Waals surface area contributed by atoms with Crippen LogP contribution in [-0.2, 0) is 6.54 Å². The molecule has 5 heteroatoms. The standard InChI is InChI=1S/C13H20N4O/c1-10-15-11(9-14-2)8-12(16-10)13(18)17-6-4-3-5-7-17/h8,14H,3-7,9H2,1-2H3. The highest BCUT2D eigenvalue weighted by molar-refractivity contribution is 5.92. The minimum atomic E-state index is 0.0394. The number of hydrogen-bond acceptors (Lipinski definition) is 4. The van der Waals surface area contributed by atoms with Crippen LogP contribution < -0.4 is 5.32 Å². The SMILES string of the molecule is CNCc1cc(C(=O)N2CCCCC2)nc(C)n1. The van der Waals surface area contributed by atoms with Crippen molar-refractivity contribution in [2.24, 2.45) is 0 Å². The van der Waals surface area contributed by atoms with Crippen molar-refractivity contribution in [1.29, 1.82) is 0 Å². The predicted octanol–water partition coefficient (Wildman–Crippen LogP) is 1.13. The van der Waals surface area contributed by atoms with E-state index >= 15 is 0 Å². The quantitative estimate of drug-likeness (QED) is 0.871. The zero-order chi connectivity index (χ0) is 13.0. The van der Waals surface area contributed by atoms with E-state index in [1.165, 1.54) is 6.42 Å². The van der Waals surface area contributed by atoms with Crippen LogP contribution in [0.25, 0.3) is 0 Å². The van der Waals surface area contributed by atoms with Gasteiger partial charge in [-0.1, -0.05) is 0 Å². The van der Waals surface area contributed by atoms with Crippen LogP contribution in [0.3, 0.4) is 0 Å². The molecule has 1 amide bonds. The lowest BCUT2D eigenvalue weighted by molar-refractivity contribution is 0.0717. The van der Waals surface area contributed by atoms with Crippen LogP contribution in [0, 0.1) is 6.92 Å². The number of rotatable bonds is 3. The highest BCUT2D eigenvalue weighted by Crippen LogP contribution is 2.12. The molecule has 1 aliphatic heterocycles. The second-order valence-corrected chi connectivity index (χ2v) is 4.67. The summed E-state index contributed by atoms with van der Waals surface area (Å²) in [5.41, 5.74) is 1.39. The molecule has 1 aromatic rings. The van der Waals surface area contributed by atoms with Gasteiger partial charge in [-0.25, -0.2) is 9.97 Å². The molecule has 0 aromatic carbocycles. The van der Waals surface area contributed by atoms with Gasteiger partial charge >= 0.3 is 0 Å². The zero-order valence-corrected chi connectivity index (χ0v) is 11.1. The van der Waals surface area contributed by atoms with E-state index in [-0.39, 0.29) is 5.91 Å². The monoisotopic (exact) mass is 248 g/mol. The Labute approximate surface area is 108 Å². The maximum atomic E-state index is 12.3. The third kappa shape index (κ3) is 3.04. The normalized spacial score (nSPS) is 15.8. The first-order valence-corrected chi connectivity index (χ1v) is 6.49. The Balaban J connectivity index is 2.18. The number of aromatic nitrogens is 2. The van der Waals surface area contributed by atoms with Crippen LogP contribution in [0.5, 0.6) is 0 Å². The van der Waals surface area contributed by atoms with Crippen molar-refractivity contribution in [3.05, 3.63) is 23.3 Å². The molecule has 0 saturated carbocycles. The first-order valence-electron chi connectivity index (χ1n) is 6.49. The molecule has 0 unspecified atom stereocenters. The first-order chi connectivity index (χ1) is 8.70. The summed E-state index contributed by atoms with van der Waals surface area (Å²) < 4.78 is 0. The molecule has 2 heterocycles. The highest BCUT2D eigenvalue weighted by Gasteiger charge is 2.20. The maximum absolute atomic E-state index is 12.3. The van der Waals surface area contributed by atoms with E-state index in [9.17, 15) is 4.79 Å². The molecule has 18 heavy (non-hydrogen) atoms. The Morgan fingerprint density at radius 2 is 2.06 bits per heavy atom. The van der Waals surface area contributed by atoms with Gasteiger partial charge in [0.1, 0.15) is 11.5 Å². The van der Waals surface area contributed by atoms with Crippen molar-refractivity contribution in [3.8, 4) is 0 Å². The average molecular weight is 248 g/mol. The second kappa shape index (κ2) is 5.91. The molecule has 98 valence electrons. The van der Waals surface area contributed by atoms with Gasteiger partial charge in [0.15, 0.2) is 0 Å². The van der Waals surface area contributed by atoms with E-state index in [0.717, 1.165) is 31.6 Å². The average Bonchev–Trinajstić information content (AvgIpc) is 2.38. The van der Waals surface area contributed by atoms with Crippen molar-refractivity contribution in [1.82, 2.24) is 20.2 Å². The number of hydrogen-bond donors (Lipinski definition) is 1. The van der Waals surface area contributed by atoms with Crippen LogP contribution in [0.4, 0.5) is 0 Å². The third-order valence-electron chi connectivity index (χ3n) is 3.11. The summed E-state index contributed by atoms with van der Waals surface area (Å²) in [6, 6.07) is 1.79. The molecule has 1 aliphatic rings. The van der Waals surface area contributed by atoms with Crippen LogP contribution in [-0.4, -0.2) is 40.9 Å². The largest absolute Gasteiger partial charge is 0.337 e. The number of nitrogens with one attached hydrogen (secondary N) is 1. The number of nitrogens with zero attached hydrogens (tertiary/aromatic N) is 3. The Morgan fingerprint density at radius 1 is 1.33 bits per heavy atom. The van der Waals surface area contributed by atoms with E-state index in [4.69, 9.17) is 0 Å². The number of amides is 1. The van der Waals surface area contributed by atoms with Gasteiger partial charge in [0.05, 0.1) is 5.69 Å². The molecule has 1 fully saturated rings. The fourth-order valence-electron chi connectivity index (χ4n) is 2.27. The maximum Gasteiger partial charge on any atom is 0.272 e. The van der Waals surface area contributed by atoms with Crippen molar-refractivity contribution in [2.75, 3.05) is 20.1 Å². The first kappa shape index (κ1) is 13.0. The topological polar surface area (TPSA) is 58.1 Å². The zero-order valence-electron chi connectivity index (χ0n) is 11.1. The fraction of sp³-hybridized carbons (Fsp3) is 0.615. The summed E-state index contributed by atoms with van der Waals surface area (Å²) in [6.45, 7) is 4.18. The minimum absolute atomic E-state index is 0.0394. The van der Waals surface area contributed by atoms with E-state index in [1.807, 2.05) is 18.9 Å². The van der Waals surface area contributed by atoms with Gasteiger partial charge in [0.2, 0.25) is 0 Å². The smallest absolute Gasteiger partial charge is 0.272 e. The molecule has 1 saturated heterocycles. The van der Waals surface area contributed by atoms with Gasteiger partial charge < -0.3 is 10.2 Å². The van der Waals surface area contributed by atoms with E-state index < -0.39 is 0 Å². The molecule has 5 nitrogen and oxygen atoms in total. The van der Waals surface area contributed by atoms with Crippen LogP contribution in [0.2, 0.25) is 0 Å². The van der Waals surface area contributed by atoms with Gasteiger partial charge in [-0.05, 0) is 39.3 Å². The van der Waals surface area contributed by atoms with Crippen LogP contribution in [0.15, 0.2) is 6.07 Å². The Morgan fingerprint density at radius 3 is 2.72 bits per heavy atom. The van der Waals surface area contributed by atoms with Gasteiger partial charge in [0.25, 0.3) is 5.91 Å². The van der Waals surface area contributed by atoms with E-state index in [0.29, 0.717) is 18.1 Å². The minimum Gasteiger partial charge on any atom is -0.337 e. The summed E-state index contributed by atoms with van der Waals surface area (Å²) in [4.78, 5) is 22.8. The number of likely N-dealkylation sites (tertiary alicyclic amines) is 1. The van der Waals surface area contributed by atoms with Gasteiger partial charge in [0, 0.05) is 19.6 Å². The van der Waals surface area contributed by atoms with Gasteiger partial charge in [-0.2, -0.15) is 0 Å². The van der Waals surface area contributed by atoms with Crippen molar-refractivity contribution < 1.29 is 4.79 Å². The van der Waals surface area contributed by atoms with Crippen LogP contribution in [0.1, 0.15) is 41.3 Å².